The van der Waals surface area contributed by atoms with E-state index >= 15 is 0 Å². The molecule has 0 aliphatic carbocycles. The van der Waals surface area contributed by atoms with Gasteiger partial charge in [-0.05, 0) is 13.8 Å². The molecule has 0 saturated heterocycles. The minimum Gasteiger partial charge on any atom is -0.860 e. The maximum atomic E-state index is 9.93. The zero-order valence-electron chi connectivity index (χ0n) is 5.19. The monoisotopic (exact) mass is 108 g/mol. The Morgan fingerprint density at radius 3 is 2.14 bits per heavy atom. The van der Waals surface area contributed by atoms with Gasteiger partial charge in [0.2, 0.25) is 0 Å². The second kappa shape index (κ2) is 6.51. The fraction of sp³-hybridized carbons (Fsp3) is 0.500. The summed E-state index contributed by atoms with van der Waals surface area (Å²) in [5.74, 6) is 0. The second-order valence-electron chi connectivity index (χ2n) is 1.28. The Bertz CT molecular complexity index is 62.7. The number of allylic oxidation sites excluding steroid dienone is 2. The van der Waals surface area contributed by atoms with E-state index in [9.17, 15) is 4.80 Å². The predicted octanol–water partition coefficient (Wildman–Crippen LogP) is -3.64. The average Bonchev–Trinajstić information content (AvgIpc) is 1.65. The summed E-state index contributed by atoms with van der Waals surface area (Å²) in [6.45, 7) is 3.79. The van der Waals surface area contributed by atoms with E-state index in [-0.39, 0.29) is 18.9 Å². The molecule has 0 fully saturated rings. The van der Waals surface area contributed by atoms with Crippen LogP contribution in [0.15, 0.2) is 11.3 Å². The molecule has 0 heterocycles. The van der Waals surface area contributed by atoms with Crippen LogP contribution in [0.1, 0.15) is 13.8 Å². The molecular formula is C4H9LiOSi. The van der Waals surface area contributed by atoms with Gasteiger partial charge in [-0.25, -0.2) is 0 Å². The van der Waals surface area contributed by atoms with Gasteiger partial charge in [-0.2, -0.15) is 0 Å². The van der Waals surface area contributed by atoms with Gasteiger partial charge in [0.1, 0.15) is 0 Å². The molecule has 0 aromatic carbocycles. The van der Waals surface area contributed by atoms with E-state index in [0.29, 0.717) is 0 Å². The van der Waals surface area contributed by atoms with Crippen LogP contribution in [0, 0.1) is 0 Å². The number of hydrogen-bond donors (Lipinski definition) is 0. The van der Waals surface area contributed by atoms with Crippen molar-refractivity contribution < 1.29 is 23.7 Å². The van der Waals surface area contributed by atoms with Crippen LogP contribution >= 0.6 is 0 Å². The van der Waals surface area contributed by atoms with Gasteiger partial charge in [0.15, 0.2) is 0 Å². The van der Waals surface area contributed by atoms with Crippen molar-refractivity contribution in [1.29, 1.82) is 0 Å². The predicted molar refractivity (Wildman–Crippen MR) is 28.0 cm³/mol. The van der Waals surface area contributed by atoms with Gasteiger partial charge in [0, 0.05) is 0 Å². The summed E-state index contributed by atoms with van der Waals surface area (Å²) in [6, 6.07) is 0. The third-order valence-corrected chi connectivity index (χ3v) is 1.58. The molecular weight excluding hydrogens is 99.1 g/mol. The van der Waals surface area contributed by atoms with E-state index in [1.54, 1.807) is 0 Å². The molecule has 0 aliphatic heterocycles. The maximum Gasteiger partial charge on any atom is 1.00 e. The summed E-state index contributed by atoms with van der Waals surface area (Å²) in [5, 5.41) is 1.05. The van der Waals surface area contributed by atoms with Gasteiger partial charge in [0.05, 0.1) is 0 Å². The normalized spacial score (nSPS) is 12.1. The molecule has 0 saturated carbocycles. The Kier molecular flexibility index (Phi) is 9.76. The van der Waals surface area contributed by atoms with Crippen LogP contribution in [0.2, 0.25) is 0 Å². The molecule has 0 N–H and O–H groups in total. The minimum absolute atomic E-state index is 0. The van der Waals surface area contributed by atoms with Gasteiger partial charge in [-0.15, -0.1) is 5.20 Å². The van der Waals surface area contributed by atoms with Gasteiger partial charge >= 0.3 is 18.9 Å². The molecule has 0 radical (unpaired) electrons. The molecule has 0 amide bonds. The van der Waals surface area contributed by atoms with Crippen LogP contribution in [0.3, 0.4) is 0 Å². The summed E-state index contributed by atoms with van der Waals surface area (Å²) in [4.78, 5) is 9.93. The molecule has 0 atom stereocenters. The van der Waals surface area contributed by atoms with E-state index < -0.39 is 9.76 Å². The molecule has 1 nitrogen and oxygen atoms in total. The van der Waals surface area contributed by atoms with Crippen LogP contribution in [0.25, 0.3) is 0 Å². The first-order chi connectivity index (χ1) is 2.81. The van der Waals surface area contributed by atoms with Gasteiger partial charge < -0.3 is 4.80 Å². The third kappa shape index (κ3) is 6.51. The van der Waals surface area contributed by atoms with Crippen molar-refractivity contribution in [3.8, 4) is 0 Å². The van der Waals surface area contributed by atoms with Crippen LogP contribution in [-0.2, 0) is 0 Å². The summed E-state index contributed by atoms with van der Waals surface area (Å²) in [5.41, 5.74) is 0. The molecule has 0 rings (SSSR count). The number of rotatable bonds is 1. The molecule has 0 aromatic rings. The molecule has 0 unspecified atom stereocenters. The Morgan fingerprint density at radius 2 is 2.14 bits per heavy atom. The summed E-state index contributed by atoms with van der Waals surface area (Å²) < 4.78 is 0. The van der Waals surface area contributed by atoms with Gasteiger partial charge in [-0.1, -0.05) is 15.8 Å². The van der Waals surface area contributed by atoms with E-state index in [1.165, 1.54) is 0 Å². The fourth-order valence-electron chi connectivity index (χ4n) is 0.0833. The Balaban J connectivity index is 0. The zero-order valence-corrected chi connectivity index (χ0v) is 6.61. The molecule has 3 heteroatoms. The third-order valence-electron chi connectivity index (χ3n) is 0.720. The topological polar surface area (TPSA) is 23.1 Å². The van der Waals surface area contributed by atoms with Gasteiger partial charge in [0.25, 0.3) is 0 Å². The molecule has 36 valence electrons. The van der Waals surface area contributed by atoms with Gasteiger partial charge in [-0.3, -0.25) is 0 Å². The molecule has 7 heavy (non-hydrogen) atoms. The van der Waals surface area contributed by atoms with Crippen molar-refractivity contribution in [2.75, 3.05) is 0 Å². The minimum atomic E-state index is -1.05. The molecule has 0 bridgehead atoms. The summed E-state index contributed by atoms with van der Waals surface area (Å²) in [6.07, 6.45) is 1.89. The van der Waals surface area contributed by atoms with Crippen molar-refractivity contribution in [2.24, 2.45) is 0 Å². The van der Waals surface area contributed by atoms with Crippen molar-refractivity contribution in [2.45, 2.75) is 13.8 Å². The van der Waals surface area contributed by atoms with Crippen LogP contribution in [0.5, 0.6) is 0 Å². The van der Waals surface area contributed by atoms with Crippen molar-refractivity contribution in [3.63, 3.8) is 0 Å². The van der Waals surface area contributed by atoms with E-state index in [2.05, 4.69) is 0 Å². The fourth-order valence-corrected chi connectivity index (χ4v) is 0.250. The zero-order chi connectivity index (χ0) is 4.99. The first-order valence-corrected chi connectivity index (χ1v) is 3.29. The SMILES string of the molecule is CC=C(C)[SiH2][O-].[Li+]. The quantitative estimate of drug-likeness (QED) is 0.318. The van der Waals surface area contributed by atoms with E-state index in [1.807, 2.05) is 19.9 Å². The van der Waals surface area contributed by atoms with Crippen molar-refractivity contribution in [3.05, 3.63) is 11.3 Å². The molecule has 0 aliphatic rings. The van der Waals surface area contributed by atoms with Crippen molar-refractivity contribution in [1.82, 2.24) is 0 Å². The Morgan fingerprint density at radius 1 is 1.71 bits per heavy atom. The Labute approximate surface area is 58.9 Å². The van der Waals surface area contributed by atoms with Crippen molar-refractivity contribution >= 4 is 9.76 Å². The second-order valence-corrected chi connectivity index (χ2v) is 2.68. The van der Waals surface area contributed by atoms with E-state index in [4.69, 9.17) is 0 Å². The summed E-state index contributed by atoms with van der Waals surface area (Å²) in [7, 11) is -1.05. The van der Waals surface area contributed by atoms with Crippen LogP contribution < -0.4 is 23.7 Å². The smallest absolute Gasteiger partial charge is 0.860 e. The largest absolute Gasteiger partial charge is 1.00 e. The standard InChI is InChI=1S/C4H9OSi.Li/c1-3-4(2)6-5;/h3H,6H2,1-2H3;/q-1;+1. The van der Waals surface area contributed by atoms with E-state index in [0.717, 1.165) is 5.20 Å². The summed E-state index contributed by atoms with van der Waals surface area (Å²) >= 11 is 0. The van der Waals surface area contributed by atoms with Crippen LogP contribution in [-0.4, -0.2) is 9.76 Å². The molecule has 0 aromatic heterocycles. The maximum absolute atomic E-state index is 9.93. The first kappa shape index (κ1) is 10.5. The molecule has 0 spiro atoms. The Hall–Kier alpha value is 0.514. The first-order valence-electron chi connectivity index (χ1n) is 2.01. The van der Waals surface area contributed by atoms with Crippen LogP contribution in [0.4, 0.5) is 0 Å². The number of hydrogen-bond acceptors (Lipinski definition) is 1. The average molecular weight is 108 g/mol.